The maximum absolute atomic E-state index is 12.8. The topological polar surface area (TPSA) is 42.4 Å². The molecule has 0 N–H and O–H groups in total. The van der Waals surface area contributed by atoms with E-state index in [0.29, 0.717) is 25.3 Å². The Morgan fingerprint density at radius 3 is 2.39 bits per heavy atom. The van der Waals surface area contributed by atoms with Gasteiger partial charge in [0.15, 0.2) is 0 Å². The van der Waals surface area contributed by atoms with Crippen LogP contribution in [0.5, 0.6) is 5.75 Å². The van der Waals surface area contributed by atoms with Gasteiger partial charge in [0, 0.05) is 17.5 Å². The lowest BCUT2D eigenvalue weighted by Gasteiger charge is -2.20. The van der Waals surface area contributed by atoms with Crippen molar-refractivity contribution in [3.63, 3.8) is 0 Å². The third kappa shape index (κ3) is 5.30. The number of aromatic nitrogens is 1. The molecule has 1 heterocycles. The van der Waals surface area contributed by atoms with Crippen LogP contribution in [-0.4, -0.2) is 22.3 Å². The monoisotopic (exact) mass is 392 g/mol. The van der Waals surface area contributed by atoms with Crippen LogP contribution in [0.25, 0.3) is 0 Å². The Balaban J connectivity index is 1.63. The Bertz CT molecular complexity index is 930. The predicted molar refractivity (Wildman–Crippen MR) is 114 cm³/mol. The van der Waals surface area contributed by atoms with Crippen LogP contribution in [0, 0.1) is 13.8 Å². The summed E-state index contributed by atoms with van der Waals surface area (Å²) in [5.74, 6) is 0.801. The summed E-state index contributed by atoms with van der Waals surface area (Å²) >= 11 is 1.54. The van der Waals surface area contributed by atoms with Gasteiger partial charge in [-0.2, -0.15) is 0 Å². The van der Waals surface area contributed by atoms with Gasteiger partial charge in [0.25, 0.3) is 5.91 Å². The Morgan fingerprint density at radius 2 is 1.75 bits per heavy atom. The fraction of sp³-hybridized carbons (Fsp3) is 0.217. The molecule has 0 fully saturated rings. The average Bonchev–Trinajstić information content (AvgIpc) is 3.15. The fourth-order valence-electron chi connectivity index (χ4n) is 2.72. The van der Waals surface area contributed by atoms with Crippen molar-refractivity contribution < 1.29 is 9.53 Å². The van der Waals surface area contributed by atoms with Crippen LogP contribution in [0.4, 0.5) is 0 Å². The molecule has 144 valence electrons. The number of aryl methyl sites for hydroxylation is 2. The minimum absolute atomic E-state index is 0.0228. The van der Waals surface area contributed by atoms with Gasteiger partial charge in [0.2, 0.25) is 0 Å². The molecule has 0 spiro atoms. The number of carbonyl (C=O) groups is 1. The van der Waals surface area contributed by atoms with Crippen LogP contribution < -0.4 is 4.74 Å². The van der Waals surface area contributed by atoms with Gasteiger partial charge in [-0.05, 0) is 38.1 Å². The van der Waals surface area contributed by atoms with Gasteiger partial charge in [-0.25, -0.2) is 4.98 Å². The van der Waals surface area contributed by atoms with Crippen molar-refractivity contribution in [2.24, 2.45) is 0 Å². The van der Waals surface area contributed by atoms with Crippen molar-refractivity contribution in [1.82, 2.24) is 9.88 Å². The van der Waals surface area contributed by atoms with Gasteiger partial charge in [-0.1, -0.05) is 41.5 Å². The normalized spacial score (nSPS) is 10.5. The molecule has 2 aromatic carbocycles. The van der Waals surface area contributed by atoms with Crippen molar-refractivity contribution in [2.75, 3.05) is 6.54 Å². The number of nitrogens with zero attached hydrogens (tertiary/aromatic N) is 2. The maximum Gasteiger partial charge on any atom is 0.254 e. The zero-order valence-corrected chi connectivity index (χ0v) is 17.0. The van der Waals surface area contributed by atoms with Gasteiger partial charge < -0.3 is 9.64 Å². The summed E-state index contributed by atoms with van der Waals surface area (Å²) in [6.07, 6.45) is 1.74. The van der Waals surface area contributed by atoms with Gasteiger partial charge in [0.1, 0.15) is 17.4 Å². The molecule has 0 aliphatic heterocycles. The lowest BCUT2D eigenvalue weighted by Crippen LogP contribution is -2.30. The first kappa shape index (κ1) is 19.8. The fourth-order valence-corrected chi connectivity index (χ4v) is 3.41. The number of carbonyl (C=O) groups excluding carboxylic acids is 1. The molecule has 0 aliphatic carbocycles. The Morgan fingerprint density at radius 1 is 1.11 bits per heavy atom. The first-order valence-electron chi connectivity index (χ1n) is 9.15. The van der Waals surface area contributed by atoms with E-state index in [1.807, 2.05) is 67.8 Å². The van der Waals surface area contributed by atoms with Crippen LogP contribution in [0.2, 0.25) is 0 Å². The van der Waals surface area contributed by atoms with Gasteiger partial charge in [-0.3, -0.25) is 4.79 Å². The molecular formula is C23H24N2O2S. The lowest BCUT2D eigenvalue weighted by molar-refractivity contribution is 0.0761. The second-order valence-electron chi connectivity index (χ2n) is 6.67. The Labute approximate surface area is 170 Å². The molecule has 0 bridgehead atoms. The van der Waals surface area contributed by atoms with E-state index < -0.39 is 0 Å². The molecule has 1 aromatic heterocycles. The van der Waals surface area contributed by atoms with E-state index in [9.17, 15) is 4.79 Å². The van der Waals surface area contributed by atoms with Gasteiger partial charge >= 0.3 is 0 Å². The van der Waals surface area contributed by atoms with E-state index in [1.165, 1.54) is 5.56 Å². The minimum atomic E-state index is -0.0228. The second kappa shape index (κ2) is 9.33. The number of hydrogen-bond donors (Lipinski definition) is 0. The van der Waals surface area contributed by atoms with E-state index in [0.717, 1.165) is 22.0 Å². The van der Waals surface area contributed by atoms with Gasteiger partial charge in [-0.15, -0.1) is 17.9 Å². The molecule has 0 atom stereocenters. The highest BCUT2D eigenvalue weighted by Gasteiger charge is 2.16. The van der Waals surface area contributed by atoms with Crippen LogP contribution >= 0.6 is 11.3 Å². The smallest absolute Gasteiger partial charge is 0.254 e. The highest BCUT2D eigenvalue weighted by atomic mass is 32.1. The average molecular weight is 393 g/mol. The molecule has 3 aromatic rings. The number of rotatable bonds is 8. The van der Waals surface area contributed by atoms with Crippen molar-refractivity contribution in [1.29, 1.82) is 0 Å². The Hall–Kier alpha value is -2.92. The van der Waals surface area contributed by atoms with Crippen molar-refractivity contribution in [3.05, 3.63) is 94.0 Å². The number of ether oxygens (including phenoxy) is 1. The zero-order chi connectivity index (χ0) is 19.9. The summed E-state index contributed by atoms with van der Waals surface area (Å²) < 4.78 is 5.79. The van der Waals surface area contributed by atoms with Crippen molar-refractivity contribution >= 4 is 17.2 Å². The van der Waals surface area contributed by atoms with Crippen molar-refractivity contribution in [2.45, 2.75) is 27.0 Å². The quantitative estimate of drug-likeness (QED) is 0.497. The highest BCUT2D eigenvalue weighted by molar-refractivity contribution is 7.09. The number of thiazole rings is 1. The molecule has 5 heteroatoms. The summed E-state index contributed by atoms with van der Waals surface area (Å²) in [4.78, 5) is 19.2. The number of benzene rings is 2. The number of amides is 1. The molecule has 4 nitrogen and oxygen atoms in total. The molecule has 28 heavy (non-hydrogen) atoms. The highest BCUT2D eigenvalue weighted by Crippen LogP contribution is 2.18. The zero-order valence-electron chi connectivity index (χ0n) is 16.2. The van der Waals surface area contributed by atoms with Crippen LogP contribution in [0.3, 0.4) is 0 Å². The molecule has 0 aliphatic rings. The molecule has 0 unspecified atom stereocenters. The van der Waals surface area contributed by atoms with Crippen LogP contribution in [0.1, 0.15) is 32.2 Å². The summed E-state index contributed by atoms with van der Waals surface area (Å²) in [5, 5.41) is 2.86. The summed E-state index contributed by atoms with van der Waals surface area (Å²) in [6.45, 7) is 9.16. The van der Waals surface area contributed by atoms with E-state index in [4.69, 9.17) is 4.74 Å². The van der Waals surface area contributed by atoms with E-state index >= 15 is 0 Å². The first-order valence-corrected chi connectivity index (χ1v) is 10.0. The van der Waals surface area contributed by atoms with Gasteiger partial charge in [0.05, 0.1) is 12.2 Å². The molecular weight excluding hydrogens is 368 g/mol. The summed E-state index contributed by atoms with van der Waals surface area (Å²) in [5.41, 5.74) is 3.86. The summed E-state index contributed by atoms with van der Waals surface area (Å²) in [7, 11) is 0. The Kier molecular flexibility index (Phi) is 6.61. The van der Waals surface area contributed by atoms with Crippen LogP contribution in [-0.2, 0) is 13.2 Å². The third-order valence-electron chi connectivity index (χ3n) is 4.27. The molecule has 0 radical (unpaired) electrons. The van der Waals surface area contributed by atoms with E-state index in [-0.39, 0.29) is 5.91 Å². The predicted octanol–water partition coefficient (Wildman–Crippen LogP) is 5.17. The lowest BCUT2D eigenvalue weighted by atomic mass is 10.1. The third-order valence-corrected chi connectivity index (χ3v) is 5.14. The standard InChI is InChI=1S/C23H24N2O2S/c1-4-13-25(23(26)19-9-5-17(2)6-10-19)14-20-16-28-22(24-20)15-27-21-11-7-18(3)8-12-21/h4-12,16H,1,13-15H2,2-3H3. The first-order chi connectivity index (χ1) is 13.5. The largest absolute Gasteiger partial charge is 0.486 e. The van der Waals surface area contributed by atoms with Crippen LogP contribution in [0.15, 0.2) is 66.6 Å². The maximum atomic E-state index is 12.8. The summed E-state index contributed by atoms with van der Waals surface area (Å²) in [6, 6.07) is 15.6. The number of hydrogen-bond acceptors (Lipinski definition) is 4. The van der Waals surface area contributed by atoms with Crippen molar-refractivity contribution in [3.8, 4) is 5.75 Å². The SMILES string of the molecule is C=CCN(Cc1csc(COc2ccc(C)cc2)n1)C(=O)c1ccc(C)cc1. The van der Waals surface area contributed by atoms with E-state index in [2.05, 4.69) is 11.6 Å². The molecule has 3 rings (SSSR count). The van der Waals surface area contributed by atoms with E-state index in [1.54, 1.807) is 22.3 Å². The minimum Gasteiger partial charge on any atom is -0.486 e. The molecule has 0 saturated carbocycles. The second-order valence-corrected chi connectivity index (χ2v) is 7.62. The molecule has 1 amide bonds. The molecule has 0 saturated heterocycles.